The van der Waals surface area contributed by atoms with E-state index in [2.05, 4.69) is 15.3 Å². The molecule has 0 aliphatic carbocycles. The first kappa shape index (κ1) is 23.0. The van der Waals surface area contributed by atoms with Gasteiger partial charge in [0.2, 0.25) is 0 Å². The molecule has 1 aromatic heterocycles. The Hall–Kier alpha value is -3.32. The zero-order chi connectivity index (χ0) is 21.3. The first-order valence-corrected chi connectivity index (χ1v) is 9.19. The van der Waals surface area contributed by atoms with Crippen LogP contribution in [0.4, 0.5) is 17.1 Å². The summed E-state index contributed by atoms with van der Waals surface area (Å²) in [6.45, 7) is 1.45. The van der Waals surface area contributed by atoms with E-state index in [9.17, 15) is 33.3 Å². The Morgan fingerprint density at radius 2 is 1.70 bits per heavy atom. The molecule has 0 saturated heterocycles. The van der Waals surface area contributed by atoms with Gasteiger partial charge in [0.25, 0.3) is 5.69 Å². The summed E-state index contributed by atoms with van der Waals surface area (Å²) < 4.78 is 33.9. The average molecular weight is 472 g/mol. The number of aryl methyl sites for hydroxylation is 1. The van der Waals surface area contributed by atoms with E-state index in [0.29, 0.717) is 0 Å². The number of rotatable bonds is 5. The van der Waals surface area contributed by atoms with Gasteiger partial charge >= 0.3 is 17.1 Å². The molecule has 0 aliphatic rings. The van der Waals surface area contributed by atoms with E-state index in [1.165, 1.54) is 19.1 Å². The molecule has 1 radical (unpaired) electrons. The molecule has 0 fully saturated rings. The number of azo groups is 1. The van der Waals surface area contributed by atoms with Crippen LogP contribution >= 0.6 is 0 Å². The maximum absolute atomic E-state index is 12.5. The van der Waals surface area contributed by atoms with Gasteiger partial charge in [-0.25, -0.2) is 13.1 Å². The van der Waals surface area contributed by atoms with Crippen molar-refractivity contribution in [3.63, 3.8) is 0 Å². The van der Waals surface area contributed by atoms with Gasteiger partial charge in [-0.1, -0.05) is 11.8 Å². The van der Waals surface area contributed by atoms with Gasteiger partial charge in [-0.3, -0.25) is 10.1 Å². The molecule has 0 aliphatic heterocycles. The third-order valence-electron chi connectivity index (χ3n) is 3.77. The second-order valence-electron chi connectivity index (χ2n) is 5.71. The molecule has 3 aromatic rings. The van der Waals surface area contributed by atoms with Crippen LogP contribution in [0.1, 0.15) is 5.69 Å². The van der Waals surface area contributed by atoms with Crippen molar-refractivity contribution in [2.24, 2.45) is 10.2 Å². The summed E-state index contributed by atoms with van der Waals surface area (Å²) in [5.74, 6) is -1.34. The number of nitrogens with zero attached hydrogens (tertiary/aromatic N) is 5. The van der Waals surface area contributed by atoms with Crippen LogP contribution in [0.5, 0.6) is 11.6 Å². The quantitative estimate of drug-likeness (QED) is 0.176. The Bertz CT molecular complexity index is 1240. The molecule has 1 heterocycles. The van der Waals surface area contributed by atoms with Gasteiger partial charge in [0.05, 0.1) is 26.9 Å². The summed E-state index contributed by atoms with van der Waals surface area (Å²) in [5, 5.41) is 46.4. The van der Waals surface area contributed by atoms with E-state index < -0.39 is 31.6 Å². The fourth-order valence-corrected chi connectivity index (χ4v) is 2.81. The summed E-state index contributed by atoms with van der Waals surface area (Å²) in [4.78, 5) is 9.64. The molecule has 0 saturated carbocycles. The standard InChI is InChI=1S/C16H13N5O7S.Fe/c1-9-15(18-17-13-8-11(21(24)25)4-7-14(13)22)16(23)20(19-9)10-2-5-12(6-3-10)29(26,27)28;/h2-8,22-23H,1H3,(H,26,27,28);/q;+3/p-3. The number of aromatic nitrogens is 2. The van der Waals surface area contributed by atoms with Gasteiger partial charge in [0.15, 0.2) is 0 Å². The summed E-state index contributed by atoms with van der Waals surface area (Å²) in [7, 11) is -4.64. The third kappa shape index (κ3) is 4.63. The Labute approximate surface area is 179 Å². The predicted molar refractivity (Wildman–Crippen MR) is 92.4 cm³/mol. The minimum absolute atomic E-state index is 0. The van der Waals surface area contributed by atoms with Crippen LogP contribution in [-0.2, 0) is 27.2 Å². The predicted octanol–water partition coefficient (Wildman–Crippen LogP) is 1.55. The number of nitro benzene ring substituents is 1. The van der Waals surface area contributed by atoms with E-state index in [0.717, 1.165) is 35.0 Å². The van der Waals surface area contributed by atoms with Crippen molar-refractivity contribution >= 4 is 27.2 Å². The van der Waals surface area contributed by atoms with E-state index >= 15 is 0 Å². The zero-order valence-corrected chi connectivity index (χ0v) is 16.8. The van der Waals surface area contributed by atoms with E-state index in [4.69, 9.17) is 0 Å². The Kier molecular flexibility index (Phi) is 6.57. The Morgan fingerprint density at radius 1 is 1.07 bits per heavy atom. The first-order valence-electron chi connectivity index (χ1n) is 7.78. The number of hydrogen-bond donors (Lipinski definition) is 0. The van der Waals surface area contributed by atoms with Crippen LogP contribution < -0.4 is 10.2 Å². The second kappa shape index (κ2) is 8.59. The number of nitro groups is 1. The van der Waals surface area contributed by atoms with Crippen molar-refractivity contribution in [2.45, 2.75) is 11.8 Å². The van der Waals surface area contributed by atoms with Crippen molar-refractivity contribution in [3.8, 4) is 17.3 Å². The molecule has 2 aromatic carbocycles. The first-order chi connectivity index (χ1) is 13.6. The minimum Gasteiger partial charge on any atom is -0.871 e. The maximum atomic E-state index is 12.5. The average Bonchev–Trinajstić information content (AvgIpc) is 2.94. The molecule has 14 heteroatoms. The fraction of sp³-hybridized carbons (Fsp3) is 0.0625. The molecule has 12 nitrogen and oxygen atoms in total. The van der Waals surface area contributed by atoms with Crippen LogP contribution in [0.2, 0.25) is 0 Å². The van der Waals surface area contributed by atoms with Gasteiger partial charge in [-0.15, -0.1) is 5.11 Å². The molecule has 0 unspecified atom stereocenters. The Morgan fingerprint density at radius 3 is 2.27 bits per heavy atom. The van der Waals surface area contributed by atoms with E-state index in [-0.39, 0.29) is 45.5 Å². The minimum atomic E-state index is -4.64. The third-order valence-corrected chi connectivity index (χ3v) is 4.62. The molecule has 0 N–H and O–H groups in total. The molecule has 0 bridgehead atoms. The largest absolute Gasteiger partial charge is 3.00 e. The van der Waals surface area contributed by atoms with Gasteiger partial charge in [0.1, 0.15) is 15.8 Å². The molecular formula is C16H10FeN5O7S. The van der Waals surface area contributed by atoms with E-state index in [1.807, 2.05) is 0 Å². The van der Waals surface area contributed by atoms with Gasteiger partial charge in [-0.05, 0) is 31.2 Å². The summed E-state index contributed by atoms with van der Waals surface area (Å²) in [6, 6.07) is 7.41. The summed E-state index contributed by atoms with van der Waals surface area (Å²) in [6.07, 6.45) is 0. The van der Waals surface area contributed by atoms with Gasteiger partial charge < -0.3 is 14.8 Å². The molecule has 155 valence electrons. The molecule has 3 rings (SSSR count). The molecule has 0 atom stereocenters. The molecule has 30 heavy (non-hydrogen) atoms. The smallest absolute Gasteiger partial charge is 0.871 e. The number of benzene rings is 2. The molecule has 0 amide bonds. The Balaban J connectivity index is 0.00000320. The van der Waals surface area contributed by atoms with E-state index in [1.54, 1.807) is 0 Å². The van der Waals surface area contributed by atoms with Crippen molar-refractivity contribution in [1.82, 2.24) is 9.78 Å². The van der Waals surface area contributed by atoms with Crippen LogP contribution in [0, 0.1) is 17.0 Å². The zero-order valence-electron chi connectivity index (χ0n) is 14.9. The van der Waals surface area contributed by atoms with Crippen LogP contribution in [0.25, 0.3) is 5.69 Å². The van der Waals surface area contributed by atoms with Crippen molar-refractivity contribution in [2.75, 3.05) is 0 Å². The van der Waals surface area contributed by atoms with Crippen molar-refractivity contribution in [1.29, 1.82) is 0 Å². The van der Waals surface area contributed by atoms with Crippen LogP contribution in [0.15, 0.2) is 57.6 Å². The normalized spacial score (nSPS) is 11.4. The topological polar surface area (TPSA) is 189 Å². The summed E-state index contributed by atoms with van der Waals surface area (Å²) in [5.41, 5.74) is -0.571. The van der Waals surface area contributed by atoms with Crippen molar-refractivity contribution in [3.05, 3.63) is 58.3 Å². The molecular weight excluding hydrogens is 462 g/mol. The SMILES string of the molecule is Cc1nn(-c2ccc(S(=O)(=O)[O-])cc2)c([O-])c1N=Nc1cc([N+](=O)[O-])ccc1[O-].[Fe+3]. The second-order valence-corrected chi connectivity index (χ2v) is 7.09. The molecule has 0 spiro atoms. The van der Waals surface area contributed by atoms with Crippen molar-refractivity contribution < 1.29 is 45.2 Å². The van der Waals surface area contributed by atoms with Gasteiger partial charge in [0, 0.05) is 18.0 Å². The summed E-state index contributed by atoms with van der Waals surface area (Å²) >= 11 is 0. The number of hydrogen-bond acceptors (Lipinski definition) is 10. The maximum Gasteiger partial charge on any atom is 3.00 e. The van der Waals surface area contributed by atoms with Crippen LogP contribution in [0.3, 0.4) is 0 Å². The fourth-order valence-electron chi connectivity index (χ4n) is 2.34. The number of non-ortho nitro benzene ring substituents is 1. The van der Waals surface area contributed by atoms with Crippen LogP contribution in [-0.4, -0.2) is 27.7 Å². The van der Waals surface area contributed by atoms with Gasteiger partial charge in [-0.2, -0.15) is 10.2 Å². The monoisotopic (exact) mass is 472 g/mol.